The Morgan fingerprint density at radius 2 is 2.36 bits per heavy atom. The summed E-state index contributed by atoms with van der Waals surface area (Å²) in [5, 5.41) is 3.31. The van der Waals surface area contributed by atoms with Gasteiger partial charge in [-0.3, -0.25) is 0 Å². The zero-order chi connectivity index (χ0) is 10.2. The highest BCUT2D eigenvalue weighted by Gasteiger charge is 2.04. The van der Waals surface area contributed by atoms with Gasteiger partial charge in [-0.2, -0.15) is 0 Å². The summed E-state index contributed by atoms with van der Waals surface area (Å²) in [6.07, 6.45) is 4.02. The molecule has 78 valence electrons. The monoisotopic (exact) mass is 212 g/mol. The number of rotatable bonds is 6. The number of anilines is 1. The first-order valence-electron chi connectivity index (χ1n) is 5.07. The van der Waals surface area contributed by atoms with Crippen LogP contribution in [0.5, 0.6) is 0 Å². The molecular formula is C11H17ClN2. The molecule has 1 unspecified atom stereocenters. The minimum Gasteiger partial charge on any atom is -0.370 e. The molecule has 0 amide bonds. The van der Waals surface area contributed by atoms with Gasteiger partial charge in [-0.15, -0.1) is 11.6 Å². The Balaban J connectivity index is 2.32. The molecule has 1 aromatic heterocycles. The molecule has 1 atom stereocenters. The second-order valence-corrected chi connectivity index (χ2v) is 3.73. The van der Waals surface area contributed by atoms with Crippen LogP contribution in [0.2, 0.25) is 0 Å². The molecular weight excluding hydrogens is 196 g/mol. The van der Waals surface area contributed by atoms with Gasteiger partial charge in [0.25, 0.3) is 0 Å². The highest BCUT2D eigenvalue weighted by Crippen LogP contribution is 2.10. The molecule has 0 radical (unpaired) electrons. The number of hydrogen-bond donors (Lipinski definition) is 1. The fourth-order valence-electron chi connectivity index (χ4n) is 1.32. The minimum atomic E-state index is 0.648. The molecule has 0 aliphatic heterocycles. The SMILES string of the molecule is CCC(CCCl)CNc1ccccn1. The lowest BCUT2D eigenvalue weighted by atomic mass is 10.0. The summed E-state index contributed by atoms with van der Waals surface area (Å²) >= 11 is 5.71. The second-order valence-electron chi connectivity index (χ2n) is 3.35. The van der Waals surface area contributed by atoms with Gasteiger partial charge < -0.3 is 5.32 Å². The summed E-state index contributed by atoms with van der Waals surface area (Å²) < 4.78 is 0. The van der Waals surface area contributed by atoms with E-state index in [0.29, 0.717) is 5.92 Å². The van der Waals surface area contributed by atoms with Crippen LogP contribution >= 0.6 is 11.6 Å². The van der Waals surface area contributed by atoms with E-state index in [1.165, 1.54) is 0 Å². The lowest BCUT2D eigenvalue weighted by Crippen LogP contribution is -2.14. The van der Waals surface area contributed by atoms with Crippen LogP contribution in [0.4, 0.5) is 5.82 Å². The first-order chi connectivity index (χ1) is 6.86. The van der Waals surface area contributed by atoms with Gasteiger partial charge in [0.05, 0.1) is 0 Å². The molecule has 3 heteroatoms. The number of alkyl halides is 1. The Kier molecular flexibility index (Phi) is 5.38. The zero-order valence-electron chi connectivity index (χ0n) is 8.54. The molecule has 1 heterocycles. The fourth-order valence-corrected chi connectivity index (χ4v) is 1.63. The van der Waals surface area contributed by atoms with Crippen LogP contribution < -0.4 is 5.32 Å². The third kappa shape index (κ3) is 3.97. The van der Waals surface area contributed by atoms with Crippen molar-refractivity contribution in [3.8, 4) is 0 Å². The highest BCUT2D eigenvalue weighted by molar-refractivity contribution is 6.17. The van der Waals surface area contributed by atoms with Crippen molar-refractivity contribution in [3.05, 3.63) is 24.4 Å². The molecule has 0 aliphatic carbocycles. The van der Waals surface area contributed by atoms with E-state index in [0.717, 1.165) is 31.1 Å². The summed E-state index contributed by atoms with van der Waals surface area (Å²) in [7, 11) is 0. The van der Waals surface area contributed by atoms with Gasteiger partial charge in [0.1, 0.15) is 5.82 Å². The molecule has 2 nitrogen and oxygen atoms in total. The summed E-state index contributed by atoms with van der Waals surface area (Å²) in [5.74, 6) is 2.33. The molecule has 1 aromatic rings. The Labute approximate surface area is 90.7 Å². The normalized spacial score (nSPS) is 12.4. The van der Waals surface area contributed by atoms with Crippen molar-refractivity contribution < 1.29 is 0 Å². The maximum absolute atomic E-state index is 5.71. The van der Waals surface area contributed by atoms with Crippen LogP contribution in [0, 0.1) is 5.92 Å². The molecule has 0 spiro atoms. The number of nitrogens with one attached hydrogen (secondary N) is 1. The molecule has 14 heavy (non-hydrogen) atoms. The first-order valence-corrected chi connectivity index (χ1v) is 5.61. The van der Waals surface area contributed by atoms with Crippen molar-refractivity contribution in [1.29, 1.82) is 0 Å². The van der Waals surface area contributed by atoms with Crippen LogP contribution in [0.1, 0.15) is 19.8 Å². The van der Waals surface area contributed by atoms with E-state index in [9.17, 15) is 0 Å². The highest BCUT2D eigenvalue weighted by atomic mass is 35.5. The average molecular weight is 213 g/mol. The third-order valence-corrected chi connectivity index (χ3v) is 2.55. The molecule has 0 bridgehead atoms. The second kappa shape index (κ2) is 6.66. The summed E-state index contributed by atoms with van der Waals surface area (Å²) in [5.41, 5.74) is 0. The third-order valence-electron chi connectivity index (χ3n) is 2.33. The lowest BCUT2D eigenvalue weighted by molar-refractivity contribution is 0.521. The number of pyridine rings is 1. The Morgan fingerprint density at radius 1 is 1.50 bits per heavy atom. The van der Waals surface area contributed by atoms with E-state index in [-0.39, 0.29) is 0 Å². The van der Waals surface area contributed by atoms with Gasteiger partial charge in [-0.25, -0.2) is 4.98 Å². The van der Waals surface area contributed by atoms with Crippen molar-refractivity contribution in [2.24, 2.45) is 5.92 Å². The van der Waals surface area contributed by atoms with Crippen molar-refractivity contribution in [1.82, 2.24) is 4.98 Å². The van der Waals surface area contributed by atoms with Gasteiger partial charge in [-0.1, -0.05) is 19.4 Å². The van der Waals surface area contributed by atoms with Gasteiger partial charge >= 0.3 is 0 Å². The predicted molar refractivity (Wildman–Crippen MR) is 61.8 cm³/mol. The smallest absolute Gasteiger partial charge is 0.125 e. The van der Waals surface area contributed by atoms with E-state index in [4.69, 9.17) is 11.6 Å². The van der Waals surface area contributed by atoms with Crippen LogP contribution in [0.25, 0.3) is 0 Å². The topological polar surface area (TPSA) is 24.9 Å². The average Bonchev–Trinajstić information content (AvgIpc) is 2.25. The van der Waals surface area contributed by atoms with E-state index >= 15 is 0 Å². The largest absolute Gasteiger partial charge is 0.370 e. The van der Waals surface area contributed by atoms with E-state index in [1.807, 2.05) is 18.2 Å². The maximum atomic E-state index is 5.71. The van der Waals surface area contributed by atoms with E-state index < -0.39 is 0 Å². The maximum Gasteiger partial charge on any atom is 0.125 e. The van der Waals surface area contributed by atoms with Gasteiger partial charge in [0, 0.05) is 18.6 Å². The number of hydrogen-bond acceptors (Lipinski definition) is 2. The standard InChI is InChI=1S/C11H17ClN2/c1-2-10(6-7-12)9-14-11-5-3-4-8-13-11/h3-5,8,10H,2,6-7,9H2,1H3,(H,13,14). The number of aromatic nitrogens is 1. The van der Waals surface area contributed by atoms with Gasteiger partial charge in [0.2, 0.25) is 0 Å². The van der Waals surface area contributed by atoms with Crippen molar-refractivity contribution >= 4 is 17.4 Å². The fraction of sp³-hybridized carbons (Fsp3) is 0.545. The first kappa shape index (κ1) is 11.3. The summed E-state index contributed by atoms with van der Waals surface area (Å²) in [4.78, 5) is 4.20. The van der Waals surface area contributed by atoms with Crippen LogP contribution in [0.15, 0.2) is 24.4 Å². The lowest BCUT2D eigenvalue weighted by Gasteiger charge is -2.14. The van der Waals surface area contributed by atoms with Crippen LogP contribution in [-0.2, 0) is 0 Å². The number of nitrogens with zero attached hydrogens (tertiary/aromatic N) is 1. The zero-order valence-corrected chi connectivity index (χ0v) is 9.30. The van der Waals surface area contributed by atoms with Crippen molar-refractivity contribution in [3.63, 3.8) is 0 Å². The quantitative estimate of drug-likeness (QED) is 0.733. The minimum absolute atomic E-state index is 0.648. The Morgan fingerprint density at radius 3 is 2.93 bits per heavy atom. The van der Waals surface area contributed by atoms with Crippen molar-refractivity contribution in [2.75, 3.05) is 17.7 Å². The molecule has 0 saturated carbocycles. The summed E-state index contributed by atoms with van der Waals surface area (Å²) in [6, 6.07) is 5.88. The van der Waals surface area contributed by atoms with Gasteiger partial charge in [0.15, 0.2) is 0 Å². The molecule has 0 aromatic carbocycles. The molecule has 0 fully saturated rings. The Bertz CT molecular complexity index is 238. The van der Waals surface area contributed by atoms with Crippen LogP contribution in [0.3, 0.4) is 0 Å². The van der Waals surface area contributed by atoms with E-state index in [1.54, 1.807) is 6.20 Å². The molecule has 1 N–H and O–H groups in total. The molecule has 0 aliphatic rings. The number of halogens is 1. The van der Waals surface area contributed by atoms with Gasteiger partial charge in [-0.05, 0) is 24.5 Å². The summed E-state index contributed by atoms with van der Waals surface area (Å²) in [6.45, 7) is 3.15. The Hall–Kier alpha value is -0.760. The predicted octanol–water partition coefficient (Wildman–Crippen LogP) is 3.15. The molecule has 0 saturated heterocycles. The van der Waals surface area contributed by atoms with Crippen LogP contribution in [-0.4, -0.2) is 17.4 Å². The molecule has 1 rings (SSSR count). The van der Waals surface area contributed by atoms with Crippen molar-refractivity contribution in [2.45, 2.75) is 19.8 Å². The van der Waals surface area contributed by atoms with E-state index in [2.05, 4.69) is 17.2 Å².